The summed E-state index contributed by atoms with van der Waals surface area (Å²) in [7, 11) is 1.71. The number of fused-ring (bicyclic) bond motifs is 1. The Morgan fingerprint density at radius 3 is 2.58 bits per heavy atom. The lowest BCUT2D eigenvalue weighted by Gasteiger charge is -2.41. The molecule has 1 amide bonds. The van der Waals surface area contributed by atoms with E-state index < -0.39 is 24.2 Å². The van der Waals surface area contributed by atoms with E-state index in [1.807, 2.05) is 54.6 Å². The topological polar surface area (TPSA) is 117 Å². The molecular formula is C37H41N3O8. The predicted octanol–water partition coefficient (Wildman–Crippen LogP) is 5.03. The highest BCUT2D eigenvalue weighted by molar-refractivity contribution is 5.68. The quantitative estimate of drug-likeness (QED) is 0.127. The zero-order valence-electron chi connectivity index (χ0n) is 27.0. The molecule has 252 valence electrons. The third-order valence-electron chi connectivity index (χ3n) is 8.59. The van der Waals surface area contributed by atoms with Crippen LogP contribution in [0.2, 0.25) is 0 Å². The number of aliphatic hydroxyl groups is 1. The maximum absolute atomic E-state index is 13.2. The number of carbonyl (C=O) groups excluding carboxylic acids is 1. The SMILES string of the molecule is COCCCN1CCOc2ccc(COC3CN(C(=O)OCc4ccccc4)CC(O)C3c3ccc(Oc4cccc[n+]4[O-])cc3)cc21. The molecule has 3 aromatic carbocycles. The third kappa shape index (κ3) is 8.17. The van der Waals surface area contributed by atoms with Crippen LogP contribution in [0.4, 0.5) is 10.5 Å². The molecule has 0 radical (unpaired) electrons. The van der Waals surface area contributed by atoms with Crippen molar-refractivity contribution in [2.75, 3.05) is 51.4 Å². The van der Waals surface area contributed by atoms with Gasteiger partial charge in [0.25, 0.3) is 0 Å². The minimum absolute atomic E-state index is 0.0865. The number of aliphatic hydroxyl groups excluding tert-OH is 1. The lowest BCUT2D eigenvalue weighted by molar-refractivity contribution is -0.611. The van der Waals surface area contributed by atoms with Crippen molar-refractivity contribution in [3.63, 3.8) is 0 Å². The number of benzene rings is 3. The molecular weight excluding hydrogens is 614 g/mol. The smallest absolute Gasteiger partial charge is 0.410 e. The molecule has 0 saturated carbocycles. The van der Waals surface area contributed by atoms with Gasteiger partial charge < -0.3 is 43.8 Å². The van der Waals surface area contributed by atoms with Gasteiger partial charge in [0.15, 0.2) is 6.20 Å². The van der Waals surface area contributed by atoms with Crippen molar-refractivity contribution in [2.45, 2.75) is 37.8 Å². The molecule has 11 nitrogen and oxygen atoms in total. The summed E-state index contributed by atoms with van der Waals surface area (Å²) < 4.78 is 29.8. The molecule has 2 aliphatic rings. The average molecular weight is 656 g/mol. The lowest BCUT2D eigenvalue weighted by Crippen LogP contribution is -2.53. The Morgan fingerprint density at radius 1 is 0.979 bits per heavy atom. The normalized spacial score (nSPS) is 18.9. The van der Waals surface area contributed by atoms with Gasteiger partial charge in [-0.2, -0.15) is 0 Å². The molecule has 1 aromatic heterocycles. The number of likely N-dealkylation sites (tertiary alicyclic amines) is 1. The van der Waals surface area contributed by atoms with E-state index in [-0.39, 0.29) is 32.2 Å². The van der Waals surface area contributed by atoms with Gasteiger partial charge in [0.05, 0.1) is 50.2 Å². The second kappa shape index (κ2) is 15.8. The Kier molecular flexibility index (Phi) is 10.9. The van der Waals surface area contributed by atoms with Gasteiger partial charge in [0, 0.05) is 32.2 Å². The monoisotopic (exact) mass is 655 g/mol. The summed E-state index contributed by atoms with van der Waals surface area (Å²) in [6.07, 6.45) is 0.286. The molecule has 1 N–H and O–H groups in total. The first kappa shape index (κ1) is 33.1. The lowest BCUT2D eigenvalue weighted by atomic mass is 9.84. The molecule has 1 saturated heterocycles. The number of piperidine rings is 1. The number of ether oxygens (including phenoxy) is 5. The van der Waals surface area contributed by atoms with Gasteiger partial charge in [-0.25, -0.2) is 4.79 Å². The number of β-amino-alcohol motifs (C(OH)–C–C–N with tert-alkyl or cyclic N) is 1. The fourth-order valence-corrected chi connectivity index (χ4v) is 6.16. The van der Waals surface area contributed by atoms with Crippen molar-refractivity contribution in [1.82, 2.24) is 4.90 Å². The fraction of sp³-hybridized carbons (Fsp3) is 0.351. The number of aromatic nitrogens is 1. The minimum Gasteiger partial charge on any atom is -0.616 e. The summed E-state index contributed by atoms with van der Waals surface area (Å²) in [6.45, 7) is 3.66. The molecule has 3 atom stereocenters. The van der Waals surface area contributed by atoms with Gasteiger partial charge in [0.2, 0.25) is 0 Å². The van der Waals surface area contributed by atoms with Crippen molar-refractivity contribution >= 4 is 11.8 Å². The summed E-state index contributed by atoms with van der Waals surface area (Å²) in [5, 5.41) is 23.6. The predicted molar refractivity (Wildman–Crippen MR) is 178 cm³/mol. The van der Waals surface area contributed by atoms with Crippen molar-refractivity contribution < 1.29 is 38.3 Å². The summed E-state index contributed by atoms with van der Waals surface area (Å²) in [5.41, 5.74) is 3.66. The van der Waals surface area contributed by atoms with E-state index in [9.17, 15) is 15.1 Å². The van der Waals surface area contributed by atoms with E-state index >= 15 is 0 Å². The number of carbonyl (C=O) groups is 1. The molecule has 2 aliphatic heterocycles. The maximum Gasteiger partial charge on any atom is 0.410 e. The molecule has 3 unspecified atom stereocenters. The van der Waals surface area contributed by atoms with Crippen molar-refractivity contribution in [2.24, 2.45) is 0 Å². The number of hydrogen-bond acceptors (Lipinski definition) is 9. The number of anilines is 1. The van der Waals surface area contributed by atoms with Crippen LogP contribution < -0.4 is 19.1 Å². The summed E-state index contributed by atoms with van der Waals surface area (Å²) in [5.74, 6) is 1.03. The average Bonchev–Trinajstić information content (AvgIpc) is 3.11. The zero-order valence-corrected chi connectivity index (χ0v) is 27.0. The van der Waals surface area contributed by atoms with Gasteiger partial charge in [-0.3, -0.25) is 0 Å². The number of pyridine rings is 1. The summed E-state index contributed by atoms with van der Waals surface area (Å²) >= 11 is 0. The molecule has 3 heterocycles. The molecule has 6 rings (SSSR count). The highest BCUT2D eigenvalue weighted by atomic mass is 16.6. The molecule has 4 aromatic rings. The van der Waals surface area contributed by atoms with Crippen LogP contribution in [-0.4, -0.2) is 74.8 Å². The molecule has 48 heavy (non-hydrogen) atoms. The number of hydrogen-bond donors (Lipinski definition) is 1. The second-order valence-corrected chi connectivity index (χ2v) is 11.9. The largest absolute Gasteiger partial charge is 0.616 e. The fourth-order valence-electron chi connectivity index (χ4n) is 6.16. The van der Waals surface area contributed by atoms with Crippen LogP contribution in [0.5, 0.6) is 17.4 Å². The Labute approximate surface area is 280 Å². The number of rotatable bonds is 12. The van der Waals surface area contributed by atoms with Crippen LogP contribution in [0.3, 0.4) is 0 Å². The zero-order chi connectivity index (χ0) is 33.3. The number of methoxy groups -OCH3 is 1. The summed E-state index contributed by atoms with van der Waals surface area (Å²) in [6, 6.07) is 27.7. The van der Waals surface area contributed by atoms with E-state index in [1.54, 1.807) is 37.4 Å². The van der Waals surface area contributed by atoms with E-state index in [0.717, 1.165) is 47.6 Å². The van der Waals surface area contributed by atoms with Crippen LogP contribution in [-0.2, 0) is 27.4 Å². The van der Waals surface area contributed by atoms with Crippen LogP contribution in [0, 0.1) is 5.21 Å². The van der Waals surface area contributed by atoms with Gasteiger partial charge >= 0.3 is 12.0 Å². The first-order valence-electron chi connectivity index (χ1n) is 16.2. The Bertz CT molecular complexity index is 1640. The minimum atomic E-state index is -0.925. The van der Waals surface area contributed by atoms with E-state index in [1.165, 1.54) is 11.1 Å². The second-order valence-electron chi connectivity index (χ2n) is 11.9. The van der Waals surface area contributed by atoms with Crippen molar-refractivity contribution in [1.29, 1.82) is 0 Å². The summed E-state index contributed by atoms with van der Waals surface area (Å²) in [4.78, 5) is 17.0. The molecule has 0 aliphatic carbocycles. The molecule has 1 fully saturated rings. The van der Waals surface area contributed by atoms with Gasteiger partial charge in [-0.05, 0) is 53.4 Å². The highest BCUT2D eigenvalue weighted by Gasteiger charge is 2.40. The maximum atomic E-state index is 13.2. The first-order chi connectivity index (χ1) is 23.5. The van der Waals surface area contributed by atoms with E-state index in [4.69, 9.17) is 23.7 Å². The van der Waals surface area contributed by atoms with Gasteiger partial charge in [-0.1, -0.05) is 48.5 Å². The van der Waals surface area contributed by atoms with Gasteiger partial charge in [0.1, 0.15) is 24.7 Å². The highest BCUT2D eigenvalue weighted by Crippen LogP contribution is 2.36. The Hall–Kier alpha value is -4.84. The van der Waals surface area contributed by atoms with Crippen molar-refractivity contribution in [3.05, 3.63) is 119 Å². The molecule has 0 bridgehead atoms. The van der Waals surface area contributed by atoms with Crippen LogP contribution in [0.15, 0.2) is 97.2 Å². The Morgan fingerprint density at radius 2 is 1.79 bits per heavy atom. The van der Waals surface area contributed by atoms with Crippen LogP contribution in [0.25, 0.3) is 0 Å². The molecule has 11 heteroatoms. The van der Waals surface area contributed by atoms with E-state index in [0.29, 0.717) is 23.7 Å². The van der Waals surface area contributed by atoms with Crippen molar-refractivity contribution in [3.8, 4) is 17.4 Å². The Balaban J connectivity index is 1.19. The standard InChI is InChI=1S/C37H41N3O8/c1-44-20-7-17-38-19-21-45-33-16-11-28(22-31(33)38)26-46-34-24-39(37(42)47-25-27-8-3-2-4-9-27)23-32(41)36(34)29-12-14-30(15-13-29)48-35-10-5-6-18-40(35)43/h2-6,8-16,18,22,32,34,36,41H,7,17,19-21,23-26H2,1H3. The van der Waals surface area contributed by atoms with Crippen LogP contribution >= 0.6 is 0 Å². The molecule has 0 spiro atoms. The van der Waals surface area contributed by atoms with Gasteiger partial charge in [-0.15, -0.1) is 4.73 Å². The number of amides is 1. The van der Waals surface area contributed by atoms with E-state index in [2.05, 4.69) is 11.0 Å². The van der Waals surface area contributed by atoms with Crippen LogP contribution in [0.1, 0.15) is 29.0 Å². The first-order valence-corrected chi connectivity index (χ1v) is 16.2. The number of nitrogens with zero attached hydrogens (tertiary/aromatic N) is 3. The third-order valence-corrected chi connectivity index (χ3v) is 8.59.